The lowest BCUT2D eigenvalue weighted by Gasteiger charge is -2.42. The highest BCUT2D eigenvalue weighted by atomic mass is 127. The van der Waals surface area contributed by atoms with Crippen molar-refractivity contribution in [3.05, 3.63) is 12.2 Å². The fourth-order valence-electron chi connectivity index (χ4n) is 3.04. The van der Waals surface area contributed by atoms with Crippen LogP contribution in [0.4, 0.5) is 0 Å². The Labute approximate surface area is 162 Å². The summed E-state index contributed by atoms with van der Waals surface area (Å²) in [7, 11) is 3.59. The van der Waals surface area contributed by atoms with Crippen LogP contribution < -0.4 is 10.6 Å². The van der Waals surface area contributed by atoms with E-state index in [-0.39, 0.29) is 24.0 Å². The van der Waals surface area contributed by atoms with E-state index in [9.17, 15) is 0 Å². The molecule has 1 aromatic heterocycles. The minimum Gasteiger partial charge on any atom is -0.385 e. The van der Waals surface area contributed by atoms with Gasteiger partial charge in [0, 0.05) is 46.8 Å². The Balaban J connectivity index is 0.00000288. The number of ether oxygens (including phenoxy) is 1. The van der Waals surface area contributed by atoms with Crippen molar-refractivity contribution in [1.82, 2.24) is 25.4 Å². The molecule has 0 amide bonds. The molecule has 1 aliphatic rings. The normalized spacial score (nSPS) is 16.2. The van der Waals surface area contributed by atoms with Gasteiger partial charge in [-0.2, -0.15) is 0 Å². The molecular weight excluding hydrogens is 419 g/mol. The number of nitrogens with one attached hydrogen (secondary N) is 2. The number of aryl methyl sites for hydroxylation is 1. The van der Waals surface area contributed by atoms with Crippen molar-refractivity contribution in [2.24, 2.45) is 10.4 Å². The standard InChI is InChI=1S/C16H30N6O.HI/c1-4-14-21-20-13-22(14)10-9-18-15(17-2)19-12-16(6-5-7-16)8-11-23-3;/h13H,4-12H2,1-3H3,(H2,17,18,19);1H. The van der Waals surface area contributed by atoms with Gasteiger partial charge in [-0.3, -0.25) is 4.99 Å². The van der Waals surface area contributed by atoms with E-state index in [2.05, 4.69) is 37.3 Å². The summed E-state index contributed by atoms with van der Waals surface area (Å²) in [5.74, 6) is 1.88. The Morgan fingerprint density at radius 2 is 2.21 bits per heavy atom. The lowest BCUT2D eigenvalue weighted by Crippen LogP contribution is -2.47. The molecule has 8 heteroatoms. The van der Waals surface area contributed by atoms with Gasteiger partial charge in [-0.05, 0) is 24.7 Å². The smallest absolute Gasteiger partial charge is 0.191 e. The number of aliphatic imine (C=N–C) groups is 1. The van der Waals surface area contributed by atoms with Crippen LogP contribution in [0.3, 0.4) is 0 Å². The van der Waals surface area contributed by atoms with Crippen LogP contribution in [0.1, 0.15) is 38.4 Å². The Morgan fingerprint density at radius 1 is 1.42 bits per heavy atom. The van der Waals surface area contributed by atoms with Gasteiger partial charge < -0.3 is 19.9 Å². The summed E-state index contributed by atoms with van der Waals surface area (Å²) in [6.45, 7) is 5.53. The first-order chi connectivity index (χ1) is 11.2. The number of hydrogen-bond donors (Lipinski definition) is 2. The molecule has 0 saturated heterocycles. The monoisotopic (exact) mass is 450 g/mol. The van der Waals surface area contributed by atoms with Crippen LogP contribution in [-0.2, 0) is 17.7 Å². The van der Waals surface area contributed by atoms with Crippen molar-refractivity contribution in [3.63, 3.8) is 0 Å². The molecule has 1 aliphatic carbocycles. The van der Waals surface area contributed by atoms with E-state index in [1.807, 2.05) is 7.05 Å². The van der Waals surface area contributed by atoms with Crippen LogP contribution in [0, 0.1) is 5.41 Å². The van der Waals surface area contributed by atoms with Gasteiger partial charge in [0.1, 0.15) is 12.2 Å². The zero-order valence-electron chi connectivity index (χ0n) is 15.0. The highest BCUT2D eigenvalue weighted by molar-refractivity contribution is 14.0. The molecule has 24 heavy (non-hydrogen) atoms. The van der Waals surface area contributed by atoms with Crippen molar-refractivity contribution in [2.75, 3.05) is 33.9 Å². The third-order valence-electron chi connectivity index (χ3n) is 4.76. The number of guanidine groups is 1. The molecule has 7 nitrogen and oxygen atoms in total. The molecule has 2 N–H and O–H groups in total. The molecule has 0 bridgehead atoms. The van der Waals surface area contributed by atoms with Crippen LogP contribution in [0.2, 0.25) is 0 Å². The molecule has 1 aromatic rings. The summed E-state index contributed by atoms with van der Waals surface area (Å²) in [6, 6.07) is 0. The SMILES string of the molecule is CCc1nncn1CCNC(=NC)NCC1(CCOC)CCC1.I. The molecule has 0 radical (unpaired) electrons. The Morgan fingerprint density at radius 3 is 2.79 bits per heavy atom. The molecule has 1 heterocycles. The Kier molecular flexibility index (Phi) is 9.57. The van der Waals surface area contributed by atoms with Crippen molar-refractivity contribution in [1.29, 1.82) is 0 Å². The largest absolute Gasteiger partial charge is 0.385 e. The van der Waals surface area contributed by atoms with Gasteiger partial charge in [0.2, 0.25) is 0 Å². The van der Waals surface area contributed by atoms with E-state index in [1.165, 1.54) is 19.3 Å². The first kappa shape index (κ1) is 21.1. The highest BCUT2D eigenvalue weighted by Gasteiger charge is 2.36. The molecule has 138 valence electrons. The number of halogens is 1. The second kappa shape index (κ2) is 10.9. The number of methoxy groups -OCH3 is 1. The quantitative estimate of drug-likeness (QED) is 0.341. The maximum Gasteiger partial charge on any atom is 0.191 e. The molecular formula is C16H31IN6O. The number of rotatable bonds is 9. The summed E-state index contributed by atoms with van der Waals surface area (Å²) in [5.41, 5.74) is 0.386. The highest BCUT2D eigenvalue weighted by Crippen LogP contribution is 2.43. The van der Waals surface area contributed by atoms with E-state index >= 15 is 0 Å². The molecule has 0 aromatic carbocycles. The summed E-state index contributed by atoms with van der Waals surface area (Å²) >= 11 is 0. The average molecular weight is 450 g/mol. The maximum absolute atomic E-state index is 5.25. The summed E-state index contributed by atoms with van der Waals surface area (Å²) in [5, 5.41) is 14.9. The second-order valence-corrected chi connectivity index (χ2v) is 6.24. The summed E-state index contributed by atoms with van der Waals surface area (Å²) < 4.78 is 7.32. The molecule has 1 saturated carbocycles. The van der Waals surface area contributed by atoms with Gasteiger partial charge in [-0.15, -0.1) is 34.2 Å². The first-order valence-electron chi connectivity index (χ1n) is 8.53. The number of aromatic nitrogens is 3. The third-order valence-corrected chi connectivity index (χ3v) is 4.76. The fourth-order valence-corrected chi connectivity index (χ4v) is 3.04. The maximum atomic E-state index is 5.25. The van der Waals surface area contributed by atoms with Crippen molar-refractivity contribution in [2.45, 2.75) is 45.6 Å². The third kappa shape index (κ3) is 5.87. The predicted molar refractivity (Wildman–Crippen MR) is 107 cm³/mol. The van der Waals surface area contributed by atoms with Crippen molar-refractivity contribution >= 4 is 29.9 Å². The second-order valence-electron chi connectivity index (χ2n) is 6.24. The van der Waals surface area contributed by atoms with Gasteiger partial charge in [0.15, 0.2) is 5.96 Å². The topological polar surface area (TPSA) is 76.4 Å². The lowest BCUT2D eigenvalue weighted by atomic mass is 9.67. The average Bonchev–Trinajstić information content (AvgIpc) is 2.99. The van der Waals surface area contributed by atoms with Crippen LogP contribution in [-0.4, -0.2) is 54.6 Å². The van der Waals surface area contributed by atoms with Crippen LogP contribution >= 0.6 is 24.0 Å². The van der Waals surface area contributed by atoms with Crippen LogP contribution in [0.5, 0.6) is 0 Å². The molecule has 1 fully saturated rings. The zero-order valence-corrected chi connectivity index (χ0v) is 17.4. The summed E-state index contributed by atoms with van der Waals surface area (Å²) in [6.07, 6.45) is 7.68. The van der Waals surface area contributed by atoms with E-state index < -0.39 is 0 Å². The first-order valence-corrected chi connectivity index (χ1v) is 8.53. The van der Waals surface area contributed by atoms with Crippen LogP contribution in [0.15, 0.2) is 11.3 Å². The number of nitrogens with zero attached hydrogens (tertiary/aromatic N) is 4. The van der Waals surface area contributed by atoms with Gasteiger partial charge in [-0.25, -0.2) is 0 Å². The lowest BCUT2D eigenvalue weighted by molar-refractivity contribution is 0.0732. The van der Waals surface area contributed by atoms with Crippen molar-refractivity contribution in [3.8, 4) is 0 Å². The minimum absolute atomic E-state index is 0. The molecule has 2 rings (SSSR count). The van der Waals surface area contributed by atoms with E-state index in [0.717, 1.165) is 50.9 Å². The Bertz CT molecular complexity index is 501. The Hall–Kier alpha value is -0.900. The fraction of sp³-hybridized carbons (Fsp3) is 0.812. The molecule has 0 unspecified atom stereocenters. The van der Waals surface area contributed by atoms with Gasteiger partial charge in [0.25, 0.3) is 0 Å². The summed E-state index contributed by atoms with van der Waals surface area (Å²) in [4.78, 5) is 4.31. The minimum atomic E-state index is 0. The van der Waals surface area contributed by atoms with Gasteiger partial charge in [-0.1, -0.05) is 13.3 Å². The molecule has 0 atom stereocenters. The zero-order chi connectivity index (χ0) is 16.5. The van der Waals surface area contributed by atoms with Gasteiger partial charge >= 0.3 is 0 Å². The van der Waals surface area contributed by atoms with E-state index in [1.54, 1.807) is 13.4 Å². The van der Waals surface area contributed by atoms with E-state index in [4.69, 9.17) is 4.74 Å². The molecule has 0 spiro atoms. The predicted octanol–water partition coefficient (Wildman–Crippen LogP) is 1.83. The van der Waals surface area contributed by atoms with Crippen molar-refractivity contribution < 1.29 is 4.74 Å². The van der Waals surface area contributed by atoms with Gasteiger partial charge in [0.05, 0.1) is 0 Å². The molecule has 0 aliphatic heterocycles. The van der Waals surface area contributed by atoms with E-state index in [0.29, 0.717) is 5.41 Å². The number of hydrogen-bond acceptors (Lipinski definition) is 4. The van der Waals surface area contributed by atoms with Crippen LogP contribution in [0.25, 0.3) is 0 Å².